The number of hydrazine groups is 1. The van der Waals surface area contributed by atoms with Crippen molar-refractivity contribution < 1.29 is 0 Å². The molecule has 0 aromatic heterocycles. The van der Waals surface area contributed by atoms with Crippen molar-refractivity contribution in [2.24, 2.45) is 11.8 Å². The fourth-order valence-electron chi connectivity index (χ4n) is 2.55. The zero-order valence-electron chi connectivity index (χ0n) is 11.7. The largest absolute Gasteiger partial charge is 0.359 e. The summed E-state index contributed by atoms with van der Waals surface area (Å²) in [5.74, 6) is 1.42. The number of hydrogen-bond acceptors (Lipinski definition) is 2. The molecule has 3 atom stereocenters. The summed E-state index contributed by atoms with van der Waals surface area (Å²) in [4.78, 5) is 0. The predicted octanol–water partition coefficient (Wildman–Crippen LogP) is 1.82. The maximum Gasteiger partial charge on any atom is 0.185 e. The molecule has 2 saturated carbocycles. The van der Waals surface area contributed by atoms with Gasteiger partial charge in [0.1, 0.15) is 0 Å². The molecule has 2 aliphatic rings. The van der Waals surface area contributed by atoms with Gasteiger partial charge in [-0.05, 0) is 55.5 Å². The lowest BCUT2D eigenvalue weighted by Gasteiger charge is -2.35. The van der Waals surface area contributed by atoms with E-state index in [2.05, 4.69) is 35.3 Å². The summed E-state index contributed by atoms with van der Waals surface area (Å²) in [6, 6.07) is 1.03. The molecule has 0 radical (unpaired) electrons. The van der Waals surface area contributed by atoms with Crippen LogP contribution in [0.1, 0.15) is 46.0 Å². The molecule has 0 unspecified atom stereocenters. The van der Waals surface area contributed by atoms with E-state index < -0.39 is 0 Å². The van der Waals surface area contributed by atoms with Gasteiger partial charge in [0.25, 0.3) is 0 Å². The molecule has 2 aliphatic carbocycles. The average Bonchev–Trinajstić information content (AvgIpc) is 3.16. The van der Waals surface area contributed by atoms with Crippen LogP contribution in [-0.2, 0) is 0 Å². The van der Waals surface area contributed by atoms with Crippen molar-refractivity contribution in [3.05, 3.63) is 0 Å². The number of thiocarbonyl (C=S) groups is 2. The van der Waals surface area contributed by atoms with Crippen LogP contribution < -0.4 is 21.5 Å². The molecule has 6 heteroatoms. The predicted molar refractivity (Wildman–Crippen MR) is 86.7 cm³/mol. The molecule has 0 aromatic rings. The number of rotatable bonds is 2. The minimum Gasteiger partial charge on any atom is -0.359 e. The summed E-state index contributed by atoms with van der Waals surface area (Å²) in [6.45, 7) is 4.62. The Kier molecular flexibility index (Phi) is 5.21. The highest BCUT2D eigenvalue weighted by Crippen LogP contribution is 2.29. The molecule has 0 heterocycles. The minimum absolute atomic E-state index is 0.468. The van der Waals surface area contributed by atoms with E-state index in [0.717, 1.165) is 5.92 Å². The summed E-state index contributed by atoms with van der Waals surface area (Å²) in [5, 5.41) is 7.85. The normalized spacial score (nSPS) is 30.3. The summed E-state index contributed by atoms with van der Waals surface area (Å²) in [6.07, 6.45) is 6.22. The van der Waals surface area contributed by atoms with Gasteiger partial charge >= 0.3 is 0 Å². The second-order valence-corrected chi connectivity index (χ2v) is 6.66. The van der Waals surface area contributed by atoms with E-state index in [1.165, 1.54) is 32.1 Å². The van der Waals surface area contributed by atoms with E-state index in [1.807, 2.05) is 0 Å². The van der Waals surface area contributed by atoms with Crippen LogP contribution in [0.2, 0.25) is 0 Å². The van der Waals surface area contributed by atoms with Crippen molar-refractivity contribution in [3.8, 4) is 0 Å². The van der Waals surface area contributed by atoms with Gasteiger partial charge in [0.15, 0.2) is 10.2 Å². The Morgan fingerprint density at radius 2 is 1.53 bits per heavy atom. The van der Waals surface area contributed by atoms with Crippen molar-refractivity contribution >= 4 is 34.7 Å². The third kappa shape index (κ3) is 4.76. The van der Waals surface area contributed by atoms with E-state index in [1.54, 1.807) is 0 Å². The van der Waals surface area contributed by atoms with Crippen LogP contribution in [0.3, 0.4) is 0 Å². The summed E-state index contributed by atoms with van der Waals surface area (Å²) >= 11 is 10.5. The molecule has 4 N–H and O–H groups in total. The molecule has 0 aromatic carbocycles. The Balaban J connectivity index is 1.66. The van der Waals surface area contributed by atoms with Crippen LogP contribution in [0.4, 0.5) is 0 Å². The van der Waals surface area contributed by atoms with Crippen molar-refractivity contribution in [3.63, 3.8) is 0 Å². The van der Waals surface area contributed by atoms with Gasteiger partial charge < -0.3 is 10.6 Å². The van der Waals surface area contributed by atoms with Gasteiger partial charge in [-0.1, -0.05) is 26.7 Å². The number of nitrogens with one attached hydrogen (secondary N) is 4. The van der Waals surface area contributed by atoms with E-state index in [-0.39, 0.29) is 0 Å². The van der Waals surface area contributed by atoms with E-state index in [0.29, 0.717) is 28.2 Å². The summed E-state index contributed by atoms with van der Waals surface area (Å²) < 4.78 is 0. The molecular formula is C13H24N4S2. The minimum atomic E-state index is 0.468. The molecule has 2 rings (SSSR count). The highest BCUT2D eigenvalue weighted by molar-refractivity contribution is 7.80. The Bertz CT molecular complexity index is 344. The second-order valence-electron chi connectivity index (χ2n) is 5.84. The van der Waals surface area contributed by atoms with Crippen LogP contribution in [0.5, 0.6) is 0 Å². The van der Waals surface area contributed by atoms with Crippen molar-refractivity contribution in [1.29, 1.82) is 0 Å². The fourth-order valence-corrected chi connectivity index (χ4v) is 2.97. The standard InChI is InChI=1S/C13H24N4S2/c1-8-4-3-5-11(9(8)2)15-13(19)17-16-12(18)14-10-6-7-10/h8-11H,3-7H2,1-2H3,(H2,14,16,18)(H2,15,17,19)/t8-,9+,11-/m0/s1. The van der Waals surface area contributed by atoms with Crippen LogP contribution in [-0.4, -0.2) is 22.3 Å². The lowest BCUT2D eigenvalue weighted by atomic mass is 9.78. The zero-order chi connectivity index (χ0) is 13.8. The van der Waals surface area contributed by atoms with E-state index >= 15 is 0 Å². The average molecular weight is 300 g/mol. The molecule has 0 aliphatic heterocycles. The quantitative estimate of drug-likeness (QED) is 0.461. The topological polar surface area (TPSA) is 48.1 Å². The second kappa shape index (κ2) is 6.70. The van der Waals surface area contributed by atoms with Crippen LogP contribution in [0.15, 0.2) is 0 Å². The first kappa shape index (κ1) is 14.8. The first-order valence-electron chi connectivity index (χ1n) is 7.19. The maximum absolute atomic E-state index is 5.30. The fraction of sp³-hybridized carbons (Fsp3) is 0.846. The number of hydrogen-bond donors (Lipinski definition) is 4. The van der Waals surface area contributed by atoms with Crippen LogP contribution >= 0.6 is 24.4 Å². The van der Waals surface area contributed by atoms with Crippen LogP contribution in [0.25, 0.3) is 0 Å². The summed E-state index contributed by atoms with van der Waals surface area (Å²) in [7, 11) is 0. The molecule has 0 saturated heterocycles. The van der Waals surface area contributed by atoms with Gasteiger partial charge in [0, 0.05) is 12.1 Å². The molecule has 4 nitrogen and oxygen atoms in total. The first-order chi connectivity index (χ1) is 9.06. The molecule has 0 amide bonds. The lowest BCUT2D eigenvalue weighted by Crippen LogP contribution is -2.54. The SMILES string of the molecule is C[C@H]1[C@@H](NC(=S)NNC(=S)NC2CC2)CCC[C@@H]1C. The Hall–Kier alpha value is -0.620. The molecule has 0 spiro atoms. The summed E-state index contributed by atoms with van der Waals surface area (Å²) in [5.41, 5.74) is 5.90. The highest BCUT2D eigenvalue weighted by Gasteiger charge is 2.27. The monoisotopic (exact) mass is 300 g/mol. The molecule has 2 fully saturated rings. The van der Waals surface area contributed by atoms with Gasteiger partial charge in [-0.3, -0.25) is 10.9 Å². The van der Waals surface area contributed by atoms with E-state index in [4.69, 9.17) is 24.4 Å². The third-order valence-electron chi connectivity index (χ3n) is 4.23. The Morgan fingerprint density at radius 3 is 2.16 bits per heavy atom. The smallest absolute Gasteiger partial charge is 0.185 e. The van der Waals surface area contributed by atoms with Crippen molar-refractivity contribution in [1.82, 2.24) is 21.5 Å². The lowest BCUT2D eigenvalue weighted by molar-refractivity contribution is 0.224. The van der Waals surface area contributed by atoms with Gasteiger partial charge in [-0.15, -0.1) is 0 Å². The van der Waals surface area contributed by atoms with Gasteiger partial charge in [-0.25, -0.2) is 0 Å². The maximum atomic E-state index is 5.30. The van der Waals surface area contributed by atoms with Gasteiger partial charge in [0.2, 0.25) is 0 Å². The Morgan fingerprint density at radius 1 is 0.895 bits per heavy atom. The van der Waals surface area contributed by atoms with Crippen LogP contribution in [0, 0.1) is 11.8 Å². The molecule has 108 valence electrons. The first-order valence-corrected chi connectivity index (χ1v) is 8.01. The van der Waals surface area contributed by atoms with Crippen molar-refractivity contribution in [2.75, 3.05) is 0 Å². The zero-order valence-corrected chi connectivity index (χ0v) is 13.3. The van der Waals surface area contributed by atoms with E-state index in [9.17, 15) is 0 Å². The molecular weight excluding hydrogens is 276 g/mol. The van der Waals surface area contributed by atoms with Crippen molar-refractivity contribution in [2.45, 2.75) is 58.0 Å². The Labute approximate surface area is 126 Å². The highest BCUT2D eigenvalue weighted by atomic mass is 32.1. The van der Waals surface area contributed by atoms with Gasteiger partial charge in [0.05, 0.1) is 0 Å². The molecule has 0 bridgehead atoms. The molecule has 19 heavy (non-hydrogen) atoms. The van der Waals surface area contributed by atoms with Gasteiger partial charge in [-0.2, -0.15) is 0 Å². The third-order valence-corrected chi connectivity index (χ3v) is 4.67.